The number of fused-ring (bicyclic) bond motifs is 12. The van der Waals surface area contributed by atoms with Gasteiger partial charge in [0.15, 0.2) is 5.82 Å². The first kappa shape index (κ1) is 36.4. The van der Waals surface area contributed by atoms with Crippen LogP contribution in [-0.4, -0.2) is 9.97 Å². The predicted octanol–water partition coefficient (Wildman–Crippen LogP) is 18.3. The Morgan fingerprint density at radius 2 is 0.578 bits per heavy atom. The summed E-state index contributed by atoms with van der Waals surface area (Å²) in [6.07, 6.45) is 0. The molecule has 0 saturated heterocycles. The second-order valence-corrected chi connectivity index (χ2v) is 20.5. The summed E-state index contributed by atoms with van der Waals surface area (Å²) < 4.78 is 10.2. The number of nitrogens with zero attached hydrogens (tertiary/aromatic N) is 2. The molecule has 0 atom stereocenters. The van der Waals surface area contributed by atoms with Crippen LogP contribution in [0.15, 0.2) is 194 Å². The highest BCUT2D eigenvalue weighted by Gasteiger charge is 2.21. The molecule has 2 nitrogen and oxygen atoms in total. The first-order chi connectivity index (χ1) is 31.7. The van der Waals surface area contributed by atoms with E-state index in [2.05, 4.69) is 194 Å². The van der Waals surface area contributed by atoms with Crippen molar-refractivity contribution < 1.29 is 0 Å². The fourth-order valence-corrected chi connectivity index (χ4v) is 14.8. The molecule has 0 saturated carbocycles. The molecule has 5 aromatic heterocycles. The van der Waals surface area contributed by atoms with Crippen molar-refractivity contribution in [2.24, 2.45) is 0 Å². The average molecular weight is 885 g/mol. The maximum Gasteiger partial charge on any atom is 0.161 e. The second kappa shape index (κ2) is 14.2. The van der Waals surface area contributed by atoms with Crippen LogP contribution < -0.4 is 0 Å². The molecular weight excluding hydrogens is 853 g/mol. The highest BCUT2D eigenvalue weighted by molar-refractivity contribution is 7.27. The smallest absolute Gasteiger partial charge is 0.161 e. The van der Waals surface area contributed by atoms with E-state index in [4.69, 9.17) is 9.97 Å². The first-order valence-electron chi connectivity index (χ1n) is 21.4. The summed E-state index contributed by atoms with van der Waals surface area (Å²) in [4.78, 5) is 11.1. The minimum absolute atomic E-state index is 0.737. The molecule has 5 heterocycles. The Balaban J connectivity index is 0.972. The Morgan fingerprint density at radius 1 is 0.250 bits per heavy atom. The number of hydrogen-bond donors (Lipinski definition) is 0. The van der Waals surface area contributed by atoms with Crippen LogP contribution in [0, 0.1) is 0 Å². The van der Waals surface area contributed by atoms with Crippen molar-refractivity contribution in [1.82, 2.24) is 9.97 Å². The molecule has 6 heteroatoms. The van der Waals surface area contributed by atoms with Gasteiger partial charge in [0, 0.05) is 97.4 Å². The third-order valence-corrected chi connectivity index (χ3v) is 17.7. The molecule has 0 fully saturated rings. The van der Waals surface area contributed by atoms with Gasteiger partial charge in [0.2, 0.25) is 0 Å². The Hall–Kier alpha value is -7.06. The molecular formula is C58H32N2S4. The van der Waals surface area contributed by atoms with Crippen LogP contribution in [-0.2, 0) is 0 Å². The monoisotopic (exact) mass is 884 g/mol. The normalized spacial score (nSPS) is 12.1. The lowest BCUT2D eigenvalue weighted by atomic mass is 9.97. The molecule has 0 amide bonds. The van der Waals surface area contributed by atoms with Crippen molar-refractivity contribution in [2.75, 3.05) is 0 Å². The first-order valence-corrected chi connectivity index (χ1v) is 24.6. The standard InChI is InChI=1S/C58H32N2S4/c1-4-28-50-37(15-1)40-20-8-18-35(53(40)61-50)33-13-7-14-34(31-33)36-19-9-23-43-44-24-12-27-47(57(44)64-54(36)43)58-59-48(45-25-10-21-41-38-16-2-5-29-51(38)62-55(41)45)32-49(60-58)46-26-11-22-42-39-17-3-6-30-52(39)63-56(42)46/h1-32H. The largest absolute Gasteiger partial charge is 0.228 e. The number of rotatable bonds is 5. The van der Waals surface area contributed by atoms with E-state index in [0.29, 0.717) is 0 Å². The minimum Gasteiger partial charge on any atom is -0.228 e. The van der Waals surface area contributed by atoms with Crippen molar-refractivity contribution in [3.63, 3.8) is 0 Å². The number of thiophene rings is 4. The third kappa shape index (κ3) is 5.54. The van der Waals surface area contributed by atoms with Gasteiger partial charge >= 0.3 is 0 Å². The summed E-state index contributed by atoms with van der Waals surface area (Å²) >= 11 is 7.42. The number of aromatic nitrogens is 2. The van der Waals surface area contributed by atoms with E-state index in [-0.39, 0.29) is 0 Å². The Kier molecular flexibility index (Phi) is 8.10. The van der Waals surface area contributed by atoms with Crippen LogP contribution in [0.4, 0.5) is 0 Å². The molecule has 298 valence electrons. The zero-order chi connectivity index (χ0) is 41.9. The summed E-state index contributed by atoms with van der Waals surface area (Å²) in [5.41, 5.74) is 10.1. The molecule has 0 N–H and O–H groups in total. The molecule has 14 rings (SSSR count). The second-order valence-electron chi connectivity index (χ2n) is 16.4. The van der Waals surface area contributed by atoms with Crippen LogP contribution in [0.25, 0.3) is 137 Å². The molecule has 0 spiro atoms. The number of benzene rings is 9. The van der Waals surface area contributed by atoms with Crippen LogP contribution in [0.5, 0.6) is 0 Å². The van der Waals surface area contributed by atoms with Gasteiger partial charge in [0.25, 0.3) is 0 Å². The van der Waals surface area contributed by atoms with Crippen molar-refractivity contribution >= 4 is 126 Å². The van der Waals surface area contributed by atoms with Crippen LogP contribution >= 0.6 is 45.3 Å². The zero-order valence-corrected chi connectivity index (χ0v) is 37.3. The van der Waals surface area contributed by atoms with Gasteiger partial charge in [-0.1, -0.05) is 158 Å². The Labute approximate surface area is 383 Å². The molecule has 0 radical (unpaired) electrons. The van der Waals surface area contributed by atoms with Crippen LogP contribution in [0.2, 0.25) is 0 Å². The van der Waals surface area contributed by atoms with E-state index < -0.39 is 0 Å². The fourth-order valence-electron chi connectivity index (χ4n) is 9.79. The van der Waals surface area contributed by atoms with Gasteiger partial charge in [-0.3, -0.25) is 0 Å². The van der Waals surface area contributed by atoms with Crippen LogP contribution in [0.3, 0.4) is 0 Å². The van der Waals surface area contributed by atoms with Gasteiger partial charge < -0.3 is 0 Å². The molecule has 0 unspecified atom stereocenters. The Morgan fingerprint density at radius 3 is 1.05 bits per heavy atom. The van der Waals surface area contributed by atoms with Gasteiger partial charge in [-0.2, -0.15) is 0 Å². The lowest BCUT2D eigenvalue weighted by Gasteiger charge is -2.11. The Bertz CT molecular complexity index is 4090. The molecule has 9 aromatic carbocycles. The van der Waals surface area contributed by atoms with Crippen LogP contribution in [0.1, 0.15) is 0 Å². The fraction of sp³-hybridized carbons (Fsp3) is 0. The van der Waals surface area contributed by atoms with Gasteiger partial charge in [-0.05, 0) is 58.7 Å². The van der Waals surface area contributed by atoms with Gasteiger partial charge in [0.1, 0.15) is 0 Å². The zero-order valence-electron chi connectivity index (χ0n) is 34.0. The van der Waals surface area contributed by atoms with Crippen molar-refractivity contribution in [3.8, 4) is 56.2 Å². The molecule has 0 bridgehead atoms. The highest BCUT2D eigenvalue weighted by atomic mass is 32.1. The molecule has 14 aromatic rings. The van der Waals surface area contributed by atoms with E-state index in [1.165, 1.54) is 103 Å². The lowest BCUT2D eigenvalue weighted by Crippen LogP contribution is -1.96. The summed E-state index contributed by atoms with van der Waals surface area (Å²) in [6, 6.07) is 71.0. The van der Waals surface area contributed by atoms with Gasteiger partial charge in [-0.15, -0.1) is 45.3 Å². The van der Waals surface area contributed by atoms with Gasteiger partial charge in [-0.25, -0.2) is 9.97 Å². The van der Waals surface area contributed by atoms with Crippen molar-refractivity contribution in [2.45, 2.75) is 0 Å². The third-order valence-electron chi connectivity index (χ3n) is 12.7. The molecule has 64 heavy (non-hydrogen) atoms. The topological polar surface area (TPSA) is 25.8 Å². The van der Waals surface area contributed by atoms with E-state index in [0.717, 1.165) is 33.9 Å². The number of hydrogen-bond acceptors (Lipinski definition) is 6. The maximum absolute atomic E-state index is 5.54. The van der Waals surface area contributed by atoms with Gasteiger partial charge in [0.05, 0.1) is 11.4 Å². The minimum atomic E-state index is 0.737. The maximum atomic E-state index is 5.54. The summed E-state index contributed by atoms with van der Waals surface area (Å²) in [6.45, 7) is 0. The molecule has 0 aliphatic carbocycles. The predicted molar refractivity (Wildman–Crippen MR) is 281 cm³/mol. The van der Waals surface area contributed by atoms with Crippen molar-refractivity contribution in [3.05, 3.63) is 194 Å². The quantitative estimate of drug-likeness (QED) is 0.172. The van der Waals surface area contributed by atoms with Crippen molar-refractivity contribution in [1.29, 1.82) is 0 Å². The lowest BCUT2D eigenvalue weighted by molar-refractivity contribution is 1.19. The summed E-state index contributed by atoms with van der Waals surface area (Å²) in [7, 11) is 0. The highest BCUT2D eigenvalue weighted by Crippen LogP contribution is 2.47. The molecule has 0 aliphatic heterocycles. The van der Waals surface area contributed by atoms with E-state index in [1.807, 2.05) is 45.3 Å². The van der Waals surface area contributed by atoms with E-state index in [1.54, 1.807) is 0 Å². The van der Waals surface area contributed by atoms with E-state index in [9.17, 15) is 0 Å². The summed E-state index contributed by atoms with van der Waals surface area (Å²) in [5.74, 6) is 0.737. The average Bonchev–Trinajstić information content (AvgIpc) is 4.14. The van der Waals surface area contributed by atoms with E-state index >= 15 is 0 Å². The molecule has 0 aliphatic rings. The summed E-state index contributed by atoms with van der Waals surface area (Å²) in [5, 5.41) is 10.2. The SMILES string of the molecule is c1cc(-c2cccc3c2sc2ccccc23)cc(-c2cccc3c2sc2c(-c4nc(-c5cccc6c5sc5ccccc56)cc(-c5cccc6c5sc5ccccc56)n4)cccc23)c1.